The topological polar surface area (TPSA) is 75.4 Å². The summed E-state index contributed by atoms with van der Waals surface area (Å²) in [6.07, 6.45) is 0. The molecule has 7 heteroatoms. The van der Waals surface area contributed by atoms with Gasteiger partial charge in [-0.05, 0) is 45.5 Å². The van der Waals surface area contributed by atoms with Gasteiger partial charge in [-0.25, -0.2) is 13.1 Å². The minimum absolute atomic E-state index is 0.219. The summed E-state index contributed by atoms with van der Waals surface area (Å²) in [6, 6.07) is 3.64. The maximum atomic E-state index is 12.3. The Kier molecular flexibility index (Phi) is 6.00. The van der Waals surface area contributed by atoms with Gasteiger partial charge in [0.25, 0.3) is 0 Å². The van der Waals surface area contributed by atoms with Crippen LogP contribution in [-0.2, 0) is 10.0 Å². The first-order valence-electron chi connectivity index (χ1n) is 6.40. The fourth-order valence-electron chi connectivity index (χ4n) is 1.65. The Bertz CT molecular complexity index is 573. The largest absolute Gasteiger partial charge is 0.398 e. The fourth-order valence-corrected chi connectivity index (χ4v) is 3.59. The number of hydrogen-bond donors (Lipinski definition) is 2. The Morgan fingerprint density at radius 2 is 2.00 bits per heavy atom. The molecule has 0 atom stereocenters. The SMILES string of the molecule is Cc1c(N)cc(Br)cc1S(=O)(=O)NCCN(C)C(C)C. The van der Waals surface area contributed by atoms with E-state index in [1.165, 1.54) is 0 Å². The van der Waals surface area contributed by atoms with Gasteiger partial charge in [-0.2, -0.15) is 0 Å². The zero-order valence-corrected chi connectivity index (χ0v) is 14.7. The molecule has 5 nitrogen and oxygen atoms in total. The molecule has 0 aliphatic heterocycles. The molecule has 0 bridgehead atoms. The van der Waals surface area contributed by atoms with Crippen LogP contribution in [0.1, 0.15) is 19.4 Å². The summed E-state index contributed by atoms with van der Waals surface area (Å²) < 4.78 is 27.9. The third-order valence-electron chi connectivity index (χ3n) is 3.29. The fraction of sp³-hybridized carbons (Fsp3) is 0.538. The van der Waals surface area contributed by atoms with Gasteiger partial charge in [0.15, 0.2) is 0 Å². The molecule has 0 aliphatic carbocycles. The molecule has 1 aromatic rings. The second-order valence-electron chi connectivity index (χ2n) is 5.09. The van der Waals surface area contributed by atoms with E-state index in [2.05, 4.69) is 39.4 Å². The molecule has 0 unspecified atom stereocenters. The van der Waals surface area contributed by atoms with Crippen molar-refractivity contribution in [2.75, 3.05) is 25.9 Å². The van der Waals surface area contributed by atoms with Crippen LogP contribution in [0, 0.1) is 6.92 Å². The highest BCUT2D eigenvalue weighted by atomic mass is 79.9. The van der Waals surface area contributed by atoms with Gasteiger partial charge < -0.3 is 10.6 Å². The molecule has 0 aromatic heterocycles. The molecule has 0 radical (unpaired) electrons. The predicted molar refractivity (Wildman–Crippen MR) is 86.2 cm³/mol. The van der Waals surface area contributed by atoms with Crippen molar-refractivity contribution in [3.05, 3.63) is 22.2 Å². The number of nitrogens with zero attached hydrogens (tertiary/aromatic N) is 1. The summed E-state index contributed by atoms with van der Waals surface area (Å²) in [7, 11) is -1.58. The van der Waals surface area contributed by atoms with Crippen LogP contribution in [0.25, 0.3) is 0 Å². The van der Waals surface area contributed by atoms with Crippen molar-refractivity contribution >= 4 is 31.6 Å². The van der Waals surface area contributed by atoms with Crippen LogP contribution in [-0.4, -0.2) is 39.5 Å². The molecule has 20 heavy (non-hydrogen) atoms. The number of nitrogens with two attached hydrogens (primary N) is 1. The van der Waals surface area contributed by atoms with Crippen molar-refractivity contribution in [1.29, 1.82) is 0 Å². The molecule has 0 saturated heterocycles. The summed E-state index contributed by atoms with van der Waals surface area (Å²) in [5.41, 5.74) is 6.83. The summed E-state index contributed by atoms with van der Waals surface area (Å²) in [5, 5.41) is 0. The van der Waals surface area contributed by atoms with Crippen LogP contribution in [0.5, 0.6) is 0 Å². The van der Waals surface area contributed by atoms with Crippen LogP contribution < -0.4 is 10.5 Å². The lowest BCUT2D eigenvalue weighted by Gasteiger charge is -2.21. The Labute approximate surface area is 129 Å². The highest BCUT2D eigenvalue weighted by Crippen LogP contribution is 2.26. The third-order valence-corrected chi connectivity index (χ3v) is 5.34. The first-order valence-corrected chi connectivity index (χ1v) is 8.68. The number of rotatable bonds is 6. The molecule has 0 aliphatic rings. The van der Waals surface area contributed by atoms with Crippen molar-refractivity contribution in [1.82, 2.24) is 9.62 Å². The van der Waals surface area contributed by atoms with Gasteiger partial charge in [0.2, 0.25) is 10.0 Å². The van der Waals surface area contributed by atoms with E-state index >= 15 is 0 Å². The van der Waals surface area contributed by atoms with E-state index in [9.17, 15) is 8.42 Å². The zero-order valence-electron chi connectivity index (χ0n) is 12.3. The molecular weight excluding hydrogens is 342 g/mol. The number of halogens is 1. The Hall–Kier alpha value is -0.630. The Morgan fingerprint density at radius 3 is 2.55 bits per heavy atom. The summed E-state index contributed by atoms with van der Waals surface area (Å²) in [4.78, 5) is 2.29. The molecule has 0 spiro atoms. The first-order chi connectivity index (χ1) is 9.15. The molecule has 0 amide bonds. The van der Waals surface area contributed by atoms with Crippen LogP contribution in [0.2, 0.25) is 0 Å². The summed E-state index contributed by atoms with van der Waals surface area (Å²) >= 11 is 3.27. The molecule has 1 aromatic carbocycles. The van der Waals surface area contributed by atoms with Crippen molar-refractivity contribution in [3.8, 4) is 0 Å². The lowest BCUT2D eigenvalue weighted by Crippen LogP contribution is -2.36. The second kappa shape index (κ2) is 6.89. The maximum Gasteiger partial charge on any atom is 0.240 e. The summed E-state index contributed by atoms with van der Waals surface area (Å²) in [5.74, 6) is 0. The van der Waals surface area contributed by atoms with Gasteiger partial charge in [0.05, 0.1) is 4.90 Å². The van der Waals surface area contributed by atoms with E-state index in [1.54, 1.807) is 19.1 Å². The van der Waals surface area contributed by atoms with E-state index in [0.717, 1.165) is 0 Å². The van der Waals surface area contributed by atoms with E-state index in [0.29, 0.717) is 34.9 Å². The molecule has 114 valence electrons. The summed E-state index contributed by atoms with van der Waals surface area (Å²) in [6.45, 7) is 6.85. The highest BCUT2D eigenvalue weighted by molar-refractivity contribution is 9.10. The van der Waals surface area contributed by atoms with E-state index in [1.807, 2.05) is 7.05 Å². The maximum absolute atomic E-state index is 12.3. The molecule has 3 N–H and O–H groups in total. The number of anilines is 1. The number of benzene rings is 1. The second-order valence-corrected chi connectivity index (χ2v) is 7.74. The first kappa shape index (κ1) is 17.4. The van der Waals surface area contributed by atoms with Crippen molar-refractivity contribution in [3.63, 3.8) is 0 Å². The van der Waals surface area contributed by atoms with Crippen LogP contribution in [0.15, 0.2) is 21.5 Å². The number of likely N-dealkylation sites (N-methyl/N-ethyl adjacent to an activating group) is 1. The zero-order chi connectivity index (χ0) is 15.5. The quantitative estimate of drug-likeness (QED) is 0.757. The minimum Gasteiger partial charge on any atom is -0.398 e. The molecule has 0 fully saturated rings. The minimum atomic E-state index is -3.54. The standard InChI is InChI=1S/C13H22BrN3O2S/c1-9(2)17(4)6-5-16-20(18,19)13-8-11(14)7-12(15)10(13)3/h7-9,16H,5-6,15H2,1-4H3. The average Bonchev–Trinajstić information content (AvgIpc) is 2.33. The number of hydrogen-bond acceptors (Lipinski definition) is 4. The van der Waals surface area contributed by atoms with Gasteiger partial charge in [-0.1, -0.05) is 15.9 Å². The molecule has 0 saturated carbocycles. The normalized spacial score (nSPS) is 12.3. The van der Waals surface area contributed by atoms with E-state index in [4.69, 9.17) is 5.73 Å². The number of sulfonamides is 1. The number of nitrogens with one attached hydrogen (secondary N) is 1. The molecular formula is C13H22BrN3O2S. The van der Waals surface area contributed by atoms with Crippen molar-refractivity contribution in [2.45, 2.75) is 31.7 Å². The van der Waals surface area contributed by atoms with Crippen LogP contribution >= 0.6 is 15.9 Å². The number of nitrogen functional groups attached to an aromatic ring is 1. The van der Waals surface area contributed by atoms with Crippen molar-refractivity contribution in [2.24, 2.45) is 0 Å². The van der Waals surface area contributed by atoms with E-state index < -0.39 is 10.0 Å². The monoisotopic (exact) mass is 363 g/mol. The van der Waals surface area contributed by atoms with Crippen LogP contribution in [0.4, 0.5) is 5.69 Å². The van der Waals surface area contributed by atoms with Gasteiger partial charge in [0, 0.05) is 29.3 Å². The lowest BCUT2D eigenvalue weighted by atomic mass is 10.2. The molecule has 1 rings (SSSR count). The predicted octanol–water partition coefficient (Wildman–Crippen LogP) is 1.96. The average molecular weight is 364 g/mol. The smallest absolute Gasteiger partial charge is 0.240 e. The van der Waals surface area contributed by atoms with Crippen molar-refractivity contribution < 1.29 is 8.42 Å². The van der Waals surface area contributed by atoms with Gasteiger partial charge in [-0.3, -0.25) is 0 Å². The third kappa shape index (κ3) is 4.44. The Morgan fingerprint density at radius 1 is 1.40 bits per heavy atom. The Balaban J connectivity index is 2.85. The lowest BCUT2D eigenvalue weighted by molar-refractivity contribution is 0.278. The van der Waals surface area contributed by atoms with E-state index in [-0.39, 0.29) is 4.90 Å². The highest BCUT2D eigenvalue weighted by Gasteiger charge is 2.19. The van der Waals surface area contributed by atoms with Gasteiger partial charge in [0.1, 0.15) is 0 Å². The molecule has 0 heterocycles. The van der Waals surface area contributed by atoms with Gasteiger partial charge >= 0.3 is 0 Å². The van der Waals surface area contributed by atoms with Crippen LogP contribution in [0.3, 0.4) is 0 Å². The van der Waals surface area contributed by atoms with Gasteiger partial charge in [-0.15, -0.1) is 0 Å².